The molecule has 0 radical (unpaired) electrons. The van der Waals surface area contributed by atoms with E-state index in [-0.39, 0.29) is 73.5 Å². The maximum Gasteiger partial charge on any atom is 0.319 e. The van der Waals surface area contributed by atoms with Crippen LogP contribution >= 0.6 is 0 Å². The highest BCUT2D eigenvalue weighted by Gasteiger charge is 2.44. The molecule has 1 saturated carbocycles. The van der Waals surface area contributed by atoms with Gasteiger partial charge in [-0.3, -0.25) is 28.8 Å². The Kier molecular flexibility index (Phi) is 15.5. The third-order valence-corrected chi connectivity index (χ3v) is 19.7. The van der Waals surface area contributed by atoms with Crippen molar-refractivity contribution in [3.05, 3.63) is 112 Å². The van der Waals surface area contributed by atoms with Crippen molar-refractivity contribution in [2.75, 3.05) is 57.9 Å². The molecule has 5 N–H and O–H groups in total. The van der Waals surface area contributed by atoms with E-state index < -0.39 is 35.6 Å². The summed E-state index contributed by atoms with van der Waals surface area (Å²) in [5.74, 6) is 0.615. The smallest absolute Gasteiger partial charge is 0.319 e. The van der Waals surface area contributed by atoms with E-state index in [0.717, 1.165) is 108 Å². The third kappa shape index (κ3) is 11.1. The Morgan fingerprint density at radius 1 is 0.890 bits per heavy atom. The highest BCUT2D eigenvalue weighted by atomic mass is 19.1. The van der Waals surface area contributed by atoms with E-state index in [4.69, 9.17) is 34.0 Å². The van der Waals surface area contributed by atoms with Crippen LogP contribution in [0.2, 0.25) is 0 Å². The number of amides is 2. The molecule has 6 aliphatic rings. The number of fused-ring (bicyclic) bond motifs is 7. The first-order valence-electron chi connectivity index (χ1n) is 32.4. The summed E-state index contributed by atoms with van der Waals surface area (Å²) in [5, 5.41) is 37.4. The summed E-state index contributed by atoms with van der Waals surface area (Å²) in [6.07, 6.45) is 10.3. The number of hydrogen-bond donors (Lipinski definition) is 5. The Morgan fingerprint density at radius 3 is 2.48 bits per heavy atom. The Labute approximate surface area is 524 Å². The van der Waals surface area contributed by atoms with Gasteiger partial charge in [-0.2, -0.15) is 25.3 Å². The van der Waals surface area contributed by atoms with Crippen LogP contribution in [0.15, 0.2) is 78.0 Å². The summed E-state index contributed by atoms with van der Waals surface area (Å²) in [6, 6.07) is 16.3. The second-order valence-corrected chi connectivity index (χ2v) is 26.2. The lowest BCUT2D eigenvalue weighted by Crippen LogP contribution is -2.49. The summed E-state index contributed by atoms with van der Waals surface area (Å²) >= 11 is 0. The number of aryl methyl sites for hydroxylation is 1. The van der Waals surface area contributed by atoms with E-state index >= 15 is 9.18 Å². The summed E-state index contributed by atoms with van der Waals surface area (Å²) in [7, 11) is 2.11. The van der Waals surface area contributed by atoms with Crippen LogP contribution in [-0.4, -0.2) is 161 Å². The largest absolute Gasteiger partial charge is 0.490 e. The number of hydrogen-bond acceptors (Lipinski definition) is 16. The molecule has 9 aromatic rings. The van der Waals surface area contributed by atoms with Gasteiger partial charge in [0.25, 0.3) is 5.56 Å². The van der Waals surface area contributed by atoms with Gasteiger partial charge in [0.1, 0.15) is 53.8 Å². The standard InChI is InChI=1S/C68H77FN14O8/c1-6-82-55(13-18-73-82)40-10-11-41(57(24-40)90-45-14-19-79(5)20-15-45)29-71-65(85)56-26-44(84)33-81(56)67(87)62(36(2)3)83-34-51-47-12-7-38(23-53(47)74-66(86)61(51)78-83)35-89-63-59(58-37(4)52(69)28-54-50(58)31-72-77-54)48(39-8-9-39)27-49-60(63)75-68(91-46-16-21-88-22-17-46)76-64(49)80-32-42-25-43(80)30-70-42/h7,10-13,18,23-24,27-28,31,34,36,39,42-46,56,62,70,84H,6,8-9,14-17,19-22,25-26,29-30,32-33,35H2,1-5H3,(H,71,85)(H,72,77)(H,74,86)/t42-,43-,44+,56-,62-/m0/s1. The Bertz CT molecular complexity index is 4350. The predicted molar refractivity (Wildman–Crippen MR) is 342 cm³/mol. The SMILES string of the molecule is CCn1nccc1-c1ccc(CNC(=O)[C@@H]2C[C@@H](O)CN2C(=O)[C@H](C(C)C)n2cc3c(n2)c(=O)[nH]c2cc(COc4c(-c5c(C)c(F)cc6[nH]ncc56)c(C5CC5)cc5c(N6C[C@@H]7C[C@H]6CN7)nc(OC6CCOCC6)nc45)ccc23)c(OC2CCN(C)CC2)c1. The summed E-state index contributed by atoms with van der Waals surface area (Å²) in [4.78, 5) is 63.4. The Morgan fingerprint density at radius 2 is 1.71 bits per heavy atom. The van der Waals surface area contributed by atoms with Crippen LogP contribution in [-0.2, 0) is 34.0 Å². The van der Waals surface area contributed by atoms with Crippen LogP contribution in [0.5, 0.6) is 17.5 Å². The van der Waals surface area contributed by atoms with Crippen LogP contribution in [0.4, 0.5) is 10.2 Å². The minimum atomic E-state index is -0.968. The first-order valence-corrected chi connectivity index (χ1v) is 32.4. The molecule has 5 atom stereocenters. The van der Waals surface area contributed by atoms with Crippen molar-refractivity contribution in [3.63, 3.8) is 0 Å². The number of aliphatic hydroxyl groups is 1. The third-order valence-electron chi connectivity index (χ3n) is 19.7. The number of anilines is 1. The van der Waals surface area contributed by atoms with Crippen LogP contribution in [0.1, 0.15) is 106 Å². The number of piperidine rings is 1. The van der Waals surface area contributed by atoms with Crippen molar-refractivity contribution in [3.8, 4) is 39.9 Å². The Hall–Kier alpha value is -8.51. The first-order chi connectivity index (χ1) is 44.2. The number of aromatic nitrogens is 9. The van der Waals surface area contributed by atoms with E-state index in [1.165, 1.54) is 15.6 Å². The molecular formula is C68H77FN14O8. The van der Waals surface area contributed by atoms with Crippen LogP contribution in [0.3, 0.4) is 0 Å². The number of aliphatic hydroxyl groups excluding tert-OH is 1. The van der Waals surface area contributed by atoms with Crippen molar-refractivity contribution in [1.29, 1.82) is 0 Å². The quantitative estimate of drug-likeness (QED) is 0.0543. The molecule has 0 spiro atoms. The van der Waals surface area contributed by atoms with Crippen molar-refractivity contribution in [1.82, 2.24) is 65.1 Å². The average molecular weight is 1240 g/mol. The van der Waals surface area contributed by atoms with E-state index in [1.807, 2.05) is 67.9 Å². The number of carbonyl (C=O) groups excluding carboxylic acids is 2. The molecule has 15 rings (SSSR count). The molecule has 474 valence electrons. The zero-order valence-corrected chi connectivity index (χ0v) is 52.0. The van der Waals surface area contributed by atoms with E-state index in [2.05, 4.69) is 53.8 Å². The van der Waals surface area contributed by atoms with Crippen molar-refractivity contribution >= 4 is 61.2 Å². The zero-order valence-electron chi connectivity index (χ0n) is 52.0. The molecule has 22 nitrogen and oxygen atoms in total. The van der Waals surface area contributed by atoms with E-state index in [1.54, 1.807) is 25.5 Å². The van der Waals surface area contributed by atoms with Gasteiger partial charge in [-0.25, -0.2) is 4.39 Å². The number of likely N-dealkylation sites (tertiary alicyclic amines) is 2. The minimum absolute atomic E-state index is 0.00896. The Balaban J connectivity index is 0.737. The second-order valence-electron chi connectivity index (χ2n) is 26.2. The molecule has 5 aromatic heterocycles. The zero-order chi connectivity index (χ0) is 62.3. The van der Waals surface area contributed by atoms with Gasteiger partial charge >= 0.3 is 6.01 Å². The number of benzene rings is 4. The number of halogens is 1. The number of H-pyrrole nitrogens is 2. The predicted octanol–water partition coefficient (Wildman–Crippen LogP) is 8.21. The van der Waals surface area contributed by atoms with Crippen LogP contribution in [0.25, 0.3) is 66.0 Å². The summed E-state index contributed by atoms with van der Waals surface area (Å²) in [5.41, 5.74) is 7.69. The number of nitrogens with one attached hydrogen (secondary N) is 4. The molecule has 5 saturated heterocycles. The van der Waals surface area contributed by atoms with Crippen molar-refractivity contribution in [2.45, 2.75) is 147 Å². The van der Waals surface area contributed by atoms with E-state index in [9.17, 15) is 14.7 Å². The molecule has 1 aliphatic carbocycles. The fraction of sp³-hybridized carbons (Fsp3) is 0.471. The summed E-state index contributed by atoms with van der Waals surface area (Å²) in [6.45, 7) is 13.1. The van der Waals surface area contributed by atoms with Gasteiger partial charge in [0.05, 0.1) is 36.7 Å². The molecule has 5 aliphatic heterocycles. The molecule has 6 fully saturated rings. The molecule has 2 amide bonds. The van der Waals surface area contributed by atoms with Gasteiger partial charge in [-0.05, 0) is 112 Å². The maximum absolute atomic E-state index is 16.3. The number of β-amino-alcohol motifs (C(OH)–C–C–N with tert-alkyl or cyclic N) is 1. The minimum Gasteiger partial charge on any atom is -0.490 e. The normalized spacial score (nSPS) is 21.1. The number of carbonyl (C=O) groups is 2. The highest BCUT2D eigenvalue weighted by molar-refractivity contribution is 6.07. The maximum atomic E-state index is 16.3. The number of aromatic amines is 2. The van der Waals surface area contributed by atoms with Gasteiger partial charge in [0.15, 0.2) is 11.3 Å². The molecular weight excluding hydrogens is 1160 g/mol. The first kappa shape index (κ1) is 58.8. The van der Waals surface area contributed by atoms with Crippen molar-refractivity contribution in [2.24, 2.45) is 5.92 Å². The lowest BCUT2D eigenvalue weighted by Gasteiger charge is -2.31. The number of ether oxygens (including phenoxy) is 4. The van der Waals surface area contributed by atoms with Gasteiger partial charge in [0.2, 0.25) is 11.8 Å². The average Bonchev–Trinajstić information content (AvgIpc) is 1.73. The molecule has 23 heteroatoms. The fourth-order valence-corrected chi connectivity index (χ4v) is 14.7. The van der Waals surface area contributed by atoms with E-state index in [0.29, 0.717) is 88.6 Å². The monoisotopic (exact) mass is 1240 g/mol. The van der Waals surface area contributed by atoms with Gasteiger partial charge in [-0.15, -0.1) is 0 Å². The lowest BCUT2D eigenvalue weighted by molar-refractivity contribution is -0.142. The molecule has 2 bridgehead atoms. The molecule has 0 unspecified atom stereocenters. The topological polar surface area (TPSA) is 248 Å². The van der Waals surface area contributed by atoms with Gasteiger partial charge in [0, 0.05) is 139 Å². The van der Waals surface area contributed by atoms with Gasteiger partial charge in [-0.1, -0.05) is 38.1 Å². The fourth-order valence-electron chi connectivity index (χ4n) is 14.7. The summed E-state index contributed by atoms with van der Waals surface area (Å²) < 4.78 is 46.1. The van der Waals surface area contributed by atoms with Crippen LogP contribution in [0, 0.1) is 18.7 Å². The molecule has 4 aromatic carbocycles. The second kappa shape index (κ2) is 23.9. The molecule has 91 heavy (non-hydrogen) atoms. The lowest BCUT2D eigenvalue weighted by atomic mass is 9.88. The highest BCUT2D eigenvalue weighted by Crippen LogP contribution is 2.54. The number of nitrogens with zero attached hydrogens (tertiary/aromatic N) is 10. The molecule has 10 heterocycles. The van der Waals surface area contributed by atoms with Crippen molar-refractivity contribution < 1.29 is 38.0 Å². The number of rotatable bonds is 18. The van der Waals surface area contributed by atoms with Crippen LogP contribution < -0.4 is 35.3 Å². The number of piperazine rings is 1. The number of pyridine rings is 1. The van der Waals surface area contributed by atoms with Gasteiger partial charge < -0.3 is 54.4 Å².